The smallest absolute Gasteiger partial charge is 0.342 e. The molecule has 2 N–H and O–H groups in total. The Kier molecular flexibility index (Phi) is 5.31. The fraction of sp³-hybridized carbons (Fsp3) is 0.545. The molecule has 1 heterocycles. The molecule has 7 heteroatoms. The second kappa shape index (κ2) is 6.75. The van der Waals surface area contributed by atoms with Crippen molar-refractivity contribution in [1.29, 1.82) is 0 Å². The summed E-state index contributed by atoms with van der Waals surface area (Å²) in [4.78, 5) is 35.3. The van der Waals surface area contributed by atoms with Crippen LogP contribution in [0.25, 0.3) is 0 Å². The topological polar surface area (TPSA) is 101 Å². The first-order valence-electron chi connectivity index (χ1n) is 5.71. The molecular formula is C11H16N2O5. The lowest BCUT2D eigenvalue weighted by atomic mass is 10.3. The van der Waals surface area contributed by atoms with Crippen LogP contribution in [0, 0.1) is 0 Å². The van der Waals surface area contributed by atoms with E-state index in [-0.39, 0.29) is 0 Å². The van der Waals surface area contributed by atoms with E-state index in [4.69, 9.17) is 9.84 Å². The van der Waals surface area contributed by atoms with Gasteiger partial charge in [0.1, 0.15) is 5.56 Å². The minimum Gasteiger partial charge on any atom is -0.477 e. The lowest BCUT2D eigenvalue weighted by Crippen LogP contribution is -2.33. The molecule has 1 aromatic heterocycles. The van der Waals surface area contributed by atoms with Crippen LogP contribution in [0.1, 0.15) is 30.1 Å². The van der Waals surface area contributed by atoms with Crippen LogP contribution >= 0.6 is 0 Å². The average molecular weight is 256 g/mol. The molecule has 0 bridgehead atoms. The molecular weight excluding hydrogens is 240 g/mol. The highest BCUT2D eigenvalue weighted by Crippen LogP contribution is 1.92. The van der Waals surface area contributed by atoms with Crippen LogP contribution in [0.3, 0.4) is 0 Å². The second-order valence-corrected chi connectivity index (χ2v) is 3.77. The van der Waals surface area contributed by atoms with Crippen molar-refractivity contribution >= 4 is 5.97 Å². The normalized spacial score (nSPS) is 10.5. The Hall–Kier alpha value is -1.89. The van der Waals surface area contributed by atoms with E-state index in [1.54, 1.807) is 0 Å². The van der Waals surface area contributed by atoms with Crippen LogP contribution in [0.2, 0.25) is 0 Å². The van der Waals surface area contributed by atoms with Crippen molar-refractivity contribution in [2.24, 2.45) is 0 Å². The summed E-state index contributed by atoms with van der Waals surface area (Å²) in [5.74, 6) is -1.35. The maximum Gasteiger partial charge on any atom is 0.342 e. The van der Waals surface area contributed by atoms with Crippen molar-refractivity contribution in [2.45, 2.75) is 26.3 Å². The van der Waals surface area contributed by atoms with Crippen LogP contribution in [-0.4, -0.2) is 33.8 Å². The van der Waals surface area contributed by atoms with Gasteiger partial charge in [-0.25, -0.2) is 9.59 Å². The highest BCUT2D eigenvalue weighted by molar-refractivity contribution is 5.86. The van der Waals surface area contributed by atoms with Gasteiger partial charge in [-0.3, -0.25) is 14.3 Å². The second-order valence-electron chi connectivity index (χ2n) is 3.77. The Labute approximate surface area is 103 Å². The van der Waals surface area contributed by atoms with Gasteiger partial charge in [0, 0.05) is 26.0 Å². The maximum absolute atomic E-state index is 11.4. The summed E-state index contributed by atoms with van der Waals surface area (Å²) in [6, 6.07) is 0. The van der Waals surface area contributed by atoms with E-state index in [1.807, 2.05) is 11.9 Å². The number of ether oxygens (including phenoxy) is 1. The van der Waals surface area contributed by atoms with Crippen LogP contribution < -0.4 is 11.2 Å². The predicted octanol–water partition coefficient (Wildman–Crippen LogP) is 0.0515. The number of carboxylic acids is 1. The molecule has 0 saturated carbocycles. The number of aryl methyl sites for hydroxylation is 1. The SMILES string of the molecule is CCCOCCCn1cc(C(=O)O)c(=O)[nH]c1=O. The number of carbonyl (C=O) groups is 1. The van der Waals surface area contributed by atoms with Gasteiger partial charge in [0.05, 0.1) is 0 Å². The van der Waals surface area contributed by atoms with Gasteiger partial charge in [0.25, 0.3) is 5.56 Å². The van der Waals surface area contributed by atoms with Crippen molar-refractivity contribution in [3.05, 3.63) is 32.6 Å². The summed E-state index contributed by atoms with van der Waals surface area (Å²) in [5.41, 5.74) is -1.93. The maximum atomic E-state index is 11.4. The monoisotopic (exact) mass is 256 g/mol. The Bertz CT molecular complexity index is 517. The van der Waals surface area contributed by atoms with E-state index in [0.717, 1.165) is 12.6 Å². The molecule has 7 nitrogen and oxygen atoms in total. The van der Waals surface area contributed by atoms with E-state index >= 15 is 0 Å². The van der Waals surface area contributed by atoms with Crippen LogP contribution in [0.5, 0.6) is 0 Å². The number of nitrogens with one attached hydrogen (secondary N) is 1. The summed E-state index contributed by atoms with van der Waals surface area (Å²) < 4.78 is 6.41. The Morgan fingerprint density at radius 2 is 2.17 bits per heavy atom. The van der Waals surface area contributed by atoms with Gasteiger partial charge in [0.15, 0.2) is 0 Å². The van der Waals surface area contributed by atoms with Crippen molar-refractivity contribution in [3.63, 3.8) is 0 Å². The number of hydrogen-bond acceptors (Lipinski definition) is 4. The first-order chi connectivity index (χ1) is 8.56. The summed E-state index contributed by atoms with van der Waals surface area (Å²) in [6.45, 7) is 3.44. The number of H-pyrrole nitrogens is 1. The Morgan fingerprint density at radius 1 is 1.44 bits per heavy atom. The third kappa shape index (κ3) is 3.85. The van der Waals surface area contributed by atoms with Gasteiger partial charge in [0.2, 0.25) is 0 Å². The van der Waals surface area contributed by atoms with Gasteiger partial charge >= 0.3 is 11.7 Å². The standard InChI is InChI=1S/C11H16N2O5/c1-2-5-18-6-3-4-13-7-8(10(15)16)9(14)12-11(13)17/h7H,2-6H2,1H3,(H,15,16)(H,12,14,17). The average Bonchev–Trinajstić information content (AvgIpc) is 2.30. The van der Waals surface area contributed by atoms with E-state index < -0.39 is 22.8 Å². The van der Waals surface area contributed by atoms with Crippen molar-refractivity contribution in [2.75, 3.05) is 13.2 Å². The molecule has 0 spiro atoms. The molecule has 0 atom stereocenters. The first kappa shape index (κ1) is 14.2. The number of nitrogens with zero attached hydrogens (tertiary/aromatic N) is 1. The van der Waals surface area contributed by atoms with E-state index in [0.29, 0.717) is 26.2 Å². The summed E-state index contributed by atoms with van der Waals surface area (Å²) in [7, 11) is 0. The molecule has 0 saturated heterocycles. The molecule has 0 radical (unpaired) electrons. The third-order valence-corrected chi connectivity index (χ3v) is 2.28. The number of carboxylic acid groups (broad SMARTS) is 1. The summed E-state index contributed by atoms with van der Waals surface area (Å²) in [6.07, 6.45) is 2.55. The fourth-order valence-corrected chi connectivity index (χ4v) is 1.41. The van der Waals surface area contributed by atoms with Gasteiger partial charge in [-0.1, -0.05) is 6.92 Å². The number of hydrogen-bond donors (Lipinski definition) is 2. The molecule has 100 valence electrons. The lowest BCUT2D eigenvalue weighted by molar-refractivity contribution is 0.0693. The molecule has 0 aliphatic carbocycles. The zero-order valence-electron chi connectivity index (χ0n) is 10.1. The van der Waals surface area contributed by atoms with Gasteiger partial charge in [-0.05, 0) is 12.8 Å². The fourth-order valence-electron chi connectivity index (χ4n) is 1.41. The Morgan fingerprint density at radius 3 is 2.78 bits per heavy atom. The number of aromatic carboxylic acids is 1. The predicted molar refractivity (Wildman–Crippen MR) is 64.0 cm³/mol. The molecule has 1 rings (SSSR count). The highest BCUT2D eigenvalue weighted by atomic mass is 16.5. The Balaban J connectivity index is 2.71. The molecule has 0 fully saturated rings. The zero-order chi connectivity index (χ0) is 13.5. The van der Waals surface area contributed by atoms with Crippen LogP contribution in [0.15, 0.2) is 15.8 Å². The quantitative estimate of drug-likeness (QED) is 0.671. The van der Waals surface area contributed by atoms with Crippen molar-refractivity contribution < 1.29 is 14.6 Å². The minimum absolute atomic E-state index is 0.305. The molecule has 0 aliphatic heterocycles. The largest absolute Gasteiger partial charge is 0.477 e. The zero-order valence-corrected chi connectivity index (χ0v) is 10.1. The van der Waals surface area contributed by atoms with Gasteiger partial charge < -0.3 is 9.84 Å². The number of aromatic nitrogens is 2. The van der Waals surface area contributed by atoms with E-state index in [9.17, 15) is 14.4 Å². The van der Waals surface area contributed by atoms with E-state index in [1.165, 1.54) is 4.57 Å². The molecule has 0 aromatic carbocycles. The van der Waals surface area contributed by atoms with Gasteiger partial charge in [-0.2, -0.15) is 0 Å². The first-order valence-corrected chi connectivity index (χ1v) is 5.71. The molecule has 1 aromatic rings. The van der Waals surface area contributed by atoms with Crippen LogP contribution in [-0.2, 0) is 11.3 Å². The third-order valence-electron chi connectivity index (χ3n) is 2.28. The molecule has 0 unspecified atom stereocenters. The van der Waals surface area contributed by atoms with Gasteiger partial charge in [-0.15, -0.1) is 0 Å². The molecule has 0 aliphatic rings. The summed E-state index contributed by atoms with van der Waals surface area (Å²) >= 11 is 0. The highest BCUT2D eigenvalue weighted by Gasteiger charge is 2.10. The number of aromatic amines is 1. The van der Waals surface area contributed by atoms with Crippen molar-refractivity contribution in [3.8, 4) is 0 Å². The molecule has 18 heavy (non-hydrogen) atoms. The summed E-state index contributed by atoms with van der Waals surface area (Å²) in [5, 5.41) is 8.76. The van der Waals surface area contributed by atoms with E-state index in [2.05, 4.69) is 0 Å². The minimum atomic E-state index is -1.35. The van der Waals surface area contributed by atoms with Crippen LogP contribution in [0.4, 0.5) is 0 Å². The lowest BCUT2D eigenvalue weighted by Gasteiger charge is -2.06. The number of rotatable bonds is 7. The van der Waals surface area contributed by atoms with Crippen molar-refractivity contribution in [1.82, 2.24) is 9.55 Å². The molecule has 0 amide bonds.